The molecule has 1 N–H and O–H groups in total. The number of carboxylic acid groups (broad SMARTS) is 1. The Morgan fingerprint density at radius 3 is 2.65 bits per heavy atom. The third-order valence-corrected chi connectivity index (χ3v) is 9.28. The first-order valence-electron chi connectivity index (χ1n) is 16.0. The van der Waals surface area contributed by atoms with Gasteiger partial charge < -0.3 is 24.1 Å². The number of hydrogen-bond acceptors (Lipinski definition) is 9. The Kier molecular flexibility index (Phi) is 9.20. The van der Waals surface area contributed by atoms with Crippen LogP contribution in [0.5, 0.6) is 23.0 Å². The number of benzene rings is 4. The lowest BCUT2D eigenvalue weighted by Gasteiger charge is -2.33. The van der Waals surface area contributed by atoms with Crippen molar-refractivity contribution in [3.63, 3.8) is 0 Å². The van der Waals surface area contributed by atoms with Crippen molar-refractivity contribution in [3.8, 4) is 40.2 Å². The highest BCUT2D eigenvalue weighted by atomic mass is 35.5. The normalized spacial score (nSPS) is 16.6. The molecule has 0 saturated heterocycles. The summed E-state index contributed by atoms with van der Waals surface area (Å²) in [5.74, 6) is 1.46. The minimum atomic E-state index is -0.949. The number of nitrogens with zero attached hydrogens (tertiary/aromatic N) is 4. The molecule has 0 amide bonds. The van der Waals surface area contributed by atoms with Crippen LogP contribution in [0.1, 0.15) is 34.2 Å². The SMILES string of the molecule is Cc1c(COc2cc(OCc3cccc(C#N)c3)c(CN3CCC4=C(CN=N4)C3C(=O)O)cc2Cl)cccc1-c1ccc2c(c1)OCCO2. The predicted octanol–water partition coefficient (Wildman–Crippen LogP) is 7.50. The summed E-state index contributed by atoms with van der Waals surface area (Å²) < 4.78 is 24.2. The van der Waals surface area contributed by atoms with Crippen molar-refractivity contribution in [2.75, 3.05) is 26.3 Å². The molecule has 0 bridgehead atoms. The van der Waals surface area contributed by atoms with Gasteiger partial charge in [0, 0.05) is 36.7 Å². The fourth-order valence-electron chi connectivity index (χ4n) is 6.46. The molecule has 1 atom stereocenters. The molecule has 0 radical (unpaired) electrons. The lowest BCUT2D eigenvalue weighted by Crippen LogP contribution is -2.45. The monoisotopic (exact) mass is 676 g/mol. The quantitative estimate of drug-likeness (QED) is 0.183. The second-order valence-corrected chi connectivity index (χ2v) is 12.5. The third-order valence-electron chi connectivity index (χ3n) is 8.99. The molecule has 0 aromatic heterocycles. The summed E-state index contributed by atoms with van der Waals surface area (Å²) in [5, 5.41) is 28.2. The minimum Gasteiger partial charge on any atom is -0.488 e. The van der Waals surface area contributed by atoms with E-state index in [9.17, 15) is 15.2 Å². The number of carbonyl (C=O) groups is 1. The largest absolute Gasteiger partial charge is 0.488 e. The molecule has 0 fully saturated rings. The van der Waals surface area contributed by atoms with E-state index in [1.807, 2.05) is 47.4 Å². The van der Waals surface area contributed by atoms with Gasteiger partial charge in [0.2, 0.25) is 0 Å². The van der Waals surface area contributed by atoms with Crippen LogP contribution in [-0.4, -0.2) is 48.3 Å². The average molecular weight is 677 g/mol. The van der Waals surface area contributed by atoms with Gasteiger partial charge >= 0.3 is 5.97 Å². The molecular formula is C38H33ClN4O6. The lowest BCUT2D eigenvalue weighted by molar-refractivity contribution is -0.142. The molecular weight excluding hydrogens is 644 g/mol. The van der Waals surface area contributed by atoms with Gasteiger partial charge in [0.25, 0.3) is 0 Å². The molecule has 11 heteroatoms. The van der Waals surface area contributed by atoms with Gasteiger partial charge in [-0.1, -0.05) is 48.0 Å². The summed E-state index contributed by atoms with van der Waals surface area (Å²) in [4.78, 5) is 14.3. The zero-order valence-corrected chi connectivity index (χ0v) is 27.6. The van der Waals surface area contributed by atoms with E-state index in [-0.39, 0.29) is 26.3 Å². The summed E-state index contributed by atoms with van der Waals surface area (Å²) in [6, 6.07) is 24.1. The molecule has 3 aliphatic heterocycles. The van der Waals surface area contributed by atoms with Gasteiger partial charge in [0.15, 0.2) is 11.5 Å². The van der Waals surface area contributed by atoms with E-state index in [1.54, 1.807) is 24.3 Å². The second-order valence-electron chi connectivity index (χ2n) is 12.1. The first-order chi connectivity index (χ1) is 23.9. The number of ether oxygens (including phenoxy) is 4. The molecule has 3 aliphatic rings. The van der Waals surface area contributed by atoms with Crippen molar-refractivity contribution >= 4 is 17.6 Å². The average Bonchev–Trinajstić information content (AvgIpc) is 3.60. The molecule has 0 spiro atoms. The number of azo groups is 1. The van der Waals surface area contributed by atoms with Crippen molar-refractivity contribution in [1.82, 2.24) is 4.90 Å². The summed E-state index contributed by atoms with van der Waals surface area (Å²) in [5.41, 5.74) is 7.65. The molecule has 0 aliphatic carbocycles. The topological polar surface area (TPSA) is 126 Å². The number of aliphatic carboxylic acids is 1. The number of halogens is 1. The lowest BCUT2D eigenvalue weighted by atomic mass is 9.96. The number of carboxylic acids is 1. The minimum absolute atomic E-state index is 0.190. The number of hydrogen-bond donors (Lipinski definition) is 1. The first kappa shape index (κ1) is 32.2. The Morgan fingerprint density at radius 2 is 1.82 bits per heavy atom. The van der Waals surface area contributed by atoms with Crippen LogP contribution in [0.3, 0.4) is 0 Å². The zero-order chi connectivity index (χ0) is 33.9. The van der Waals surface area contributed by atoms with Crippen molar-refractivity contribution in [2.24, 2.45) is 10.2 Å². The van der Waals surface area contributed by atoms with Crippen molar-refractivity contribution < 1.29 is 28.8 Å². The molecule has 1 unspecified atom stereocenters. The number of nitriles is 1. The molecule has 49 heavy (non-hydrogen) atoms. The summed E-state index contributed by atoms with van der Waals surface area (Å²) in [6.45, 7) is 4.61. The summed E-state index contributed by atoms with van der Waals surface area (Å²) in [7, 11) is 0. The van der Waals surface area contributed by atoms with Gasteiger partial charge in [-0.3, -0.25) is 9.69 Å². The van der Waals surface area contributed by atoms with Crippen LogP contribution in [0.2, 0.25) is 5.02 Å². The number of rotatable bonds is 10. The van der Waals surface area contributed by atoms with Gasteiger partial charge in [-0.25, -0.2) is 0 Å². The maximum Gasteiger partial charge on any atom is 0.325 e. The van der Waals surface area contributed by atoms with Crippen LogP contribution in [-0.2, 0) is 24.6 Å². The molecule has 4 aromatic carbocycles. The van der Waals surface area contributed by atoms with Crippen LogP contribution in [0.15, 0.2) is 94.3 Å². The first-order valence-corrected chi connectivity index (χ1v) is 16.4. The van der Waals surface area contributed by atoms with Crippen molar-refractivity contribution in [3.05, 3.63) is 117 Å². The smallest absolute Gasteiger partial charge is 0.325 e. The van der Waals surface area contributed by atoms with E-state index >= 15 is 0 Å². The van der Waals surface area contributed by atoms with E-state index in [0.29, 0.717) is 53.8 Å². The third kappa shape index (κ3) is 6.81. The molecule has 7 rings (SSSR count). The zero-order valence-electron chi connectivity index (χ0n) is 26.8. The highest BCUT2D eigenvalue weighted by molar-refractivity contribution is 6.32. The molecule has 3 heterocycles. The van der Waals surface area contributed by atoms with Crippen LogP contribution < -0.4 is 18.9 Å². The maximum atomic E-state index is 12.4. The second kappa shape index (κ2) is 14.0. The highest BCUT2D eigenvalue weighted by Gasteiger charge is 2.37. The Labute approximate surface area is 288 Å². The fraction of sp³-hybridized carbons (Fsp3) is 0.263. The van der Waals surface area contributed by atoms with Gasteiger partial charge in [0.05, 0.1) is 28.9 Å². The summed E-state index contributed by atoms with van der Waals surface area (Å²) in [6.07, 6.45) is 0.610. The Morgan fingerprint density at radius 1 is 1.00 bits per heavy atom. The Bertz CT molecular complexity index is 2040. The van der Waals surface area contributed by atoms with E-state index in [1.165, 1.54) is 0 Å². The van der Waals surface area contributed by atoms with Gasteiger partial charge in [-0.05, 0) is 65.1 Å². The van der Waals surface area contributed by atoms with Crippen molar-refractivity contribution in [2.45, 2.75) is 39.1 Å². The van der Waals surface area contributed by atoms with Gasteiger partial charge in [-0.15, -0.1) is 0 Å². The van der Waals surface area contributed by atoms with Gasteiger partial charge in [-0.2, -0.15) is 15.5 Å². The molecule has 10 nitrogen and oxygen atoms in total. The highest BCUT2D eigenvalue weighted by Crippen LogP contribution is 2.39. The fourth-order valence-corrected chi connectivity index (χ4v) is 6.70. The van der Waals surface area contributed by atoms with E-state index in [0.717, 1.165) is 50.6 Å². The summed E-state index contributed by atoms with van der Waals surface area (Å²) >= 11 is 6.85. The predicted molar refractivity (Wildman–Crippen MR) is 182 cm³/mol. The molecule has 0 saturated carbocycles. The van der Waals surface area contributed by atoms with E-state index in [2.05, 4.69) is 29.3 Å². The Balaban J connectivity index is 1.15. The van der Waals surface area contributed by atoms with Crippen LogP contribution in [0.4, 0.5) is 0 Å². The van der Waals surface area contributed by atoms with Gasteiger partial charge in [0.1, 0.15) is 44.0 Å². The van der Waals surface area contributed by atoms with Crippen molar-refractivity contribution in [1.29, 1.82) is 5.26 Å². The van der Waals surface area contributed by atoms with E-state index < -0.39 is 12.0 Å². The Hall–Kier alpha value is -5.37. The van der Waals surface area contributed by atoms with E-state index in [4.69, 9.17) is 30.5 Å². The maximum absolute atomic E-state index is 12.4. The molecule has 248 valence electrons. The van der Waals surface area contributed by atoms with Crippen LogP contribution in [0, 0.1) is 18.3 Å². The van der Waals surface area contributed by atoms with Crippen LogP contribution in [0.25, 0.3) is 11.1 Å². The standard InChI is InChI=1S/C38H33ClN4O6/c1-23-27(6-3-7-29(23)26-8-9-33-36(16-26)47-13-12-46-33)22-49-35-17-34(48-21-25-5-2-4-24(14-25)18-40)28(15-31(35)39)20-43-11-10-32-30(19-41-42-32)37(43)38(44)45/h2-9,14-17,37H,10-13,19-22H2,1H3,(H,44,45). The van der Waals surface area contributed by atoms with Crippen LogP contribution >= 0.6 is 11.6 Å². The molecule has 4 aromatic rings. The number of fused-ring (bicyclic) bond motifs is 1.